The molecule has 42 heavy (non-hydrogen) atoms. The van der Waals surface area contributed by atoms with Crippen molar-refractivity contribution in [2.24, 2.45) is 0 Å². The molecule has 11 nitrogen and oxygen atoms in total. The Bertz CT molecular complexity index is 1510. The highest BCUT2D eigenvalue weighted by Gasteiger charge is 2.27. The number of halogens is 1. The molecule has 2 aliphatic rings. The summed E-state index contributed by atoms with van der Waals surface area (Å²) >= 11 is 6.44. The van der Waals surface area contributed by atoms with Crippen molar-refractivity contribution >= 4 is 56.1 Å². The SMILES string of the molecule is COc1cc(N2CCC(N3CCNCC3)CC2)c(C)cc1Nc1ncc(Cl)c(Nc2ccccc2N(C)S(C)(=O)=O)n1. The van der Waals surface area contributed by atoms with E-state index < -0.39 is 10.0 Å². The van der Waals surface area contributed by atoms with Gasteiger partial charge in [0.25, 0.3) is 0 Å². The summed E-state index contributed by atoms with van der Waals surface area (Å²) in [5.74, 6) is 1.34. The lowest BCUT2D eigenvalue weighted by Crippen LogP contribution is -2.52. The van der Waals surface area contributed by atoms with Gasteiger partial charge in [-0.25, -0.2) is 13.4 Å². The molecule has 0 bridgehead atoms. The maximum atomic E-state index is 12.2. The van der Waals surface area contributed by atoms with Gasteiger partial charge in [0.15, 0.2) is 5.82 Å². The van der Waals surface area contributed by atoms with Crippen molar-refractivity contribution in [2.75, 3.05) is 79.5 Å². The van der Waals surface area contributed by atoms with Gasteiger partial charge in [0.1, 0.15) is 10.8 Å². The smallest absolute Gasteiger partial charge is 0.232 e. The molecule has 3 aromatic rings. The molecular weight excluding hydrogens is 576 g/mol. The van der Waals surface area contributed by atoms with E-state index in [9.17, 15) is 8.42 Å². The molecule has 0 spiro atoms. The van der Waals surface area contributed by atoms with Crippen LogP contribution in [0.5, 0.6) is 5.75 Å². The van der Waals surface area contributed by atoms with Crippen LogP contribution >= 0.6 is 11.6 Å². The first-order valence-corrected chi connectivity index (χ1v) is 16.3. The van der Waals surface area contributed by atoms with E-state index in [4.69, 9.17) is 16.3 Å². The molecule has 13 heteroatoms. The fourth-order valence-electron chi connectivity index (χ4n) is 5.60. The van der Waals surface area contributed by atoms with E-state index in [1.54, 1.807) is 31.4 Å². The van der Waals surface area contributed by atoms with Crippen LogP contribution in [0, 0.1) is 6.92 Å². The van der Waals surface area contributed by atoms with E-state index in [2.05, 4.69) is 54.8 Å². The molecule has 2 saturated heterocycles. The minimum absolute atomic E-state index is 0.292. The molecule has 3 N–H and O–H groups in total. The van der Waals surface area contributed by atoms with Crippen LogP contribution in [0.15, 0.2) is 42.6 Å². The molecule has 0 aliphatic carbocycles. The number of piperidine rings is 1. The first-order valence-electron chi connectivity index (χ1n) is 14.1. The van der Waals surface area contributed by atoms with E-state index in [1.807, 2.05) is 0 Å². The number of hydrogen-bond donors (Lipinski definition) is 3. The summed E-state index contributed by atoms with van der Waals surface area (Å²) in [5, 5.41) is 10.2. The predicted molar refractivity (Wildman–Crippen MR) is 171 cm³/mol. The molecule has 0 amide bonds. The van der Waals surface area contributed by atoms with Gasteiger partial charge in [0.05, 0.1) is 36.6 Å². The highest BCUT2D eigenvalue weighted by Crippen LogP contribution is 2.37. The molecule has 0 saturated carbocycles. The van der Waals surface area contributed by atoms with Crippen LogP contribution in [0.2, 0.25) is 5.02 Å². The molecular formula is C29H39ClN8O3S. The van der Waals surface area contributed by atoms with Crippen LogP contribution in [-0.4, -0.2) is 89.0 Å². The molecule has 5 rings (SSSR count). The number of aryl methyl sites for hydroxylation is 1. The molecule has 2 fully saturated rings. The van der Waals surface area contributed by atoms with Crippen LogP contribution in [0.3, 0.4) is 0 Å². The Morgan fingerprint density at radius 1 is 1.07 bits per heavy atom. The van der Waals surface area contributed by atoms with E-state index in [-0.39, 0.29) is 0 Å². The summed E-state index contributed by atoms with van der Waals surface area (Å²) < 4.78 is 31.3. The Morgan fingerprint density at radius 2 is 1.79 bits per heavy atom. The number of ether oxygens (including phenoxy) is 1. The molecule has 2 aliphatic heterocycles. The van der Waals surface area contributed by atoms with Gasteiger partial charge in [-0.05, 0) is 43.5 Å². The third-order valence-electron chi connectivity index (χ3n) is 7.98. The Balaban J connectivity index is 1.32. The lowest BCUT2D eigenvalue weighted by Gasteiger charge is -2.41. The Hall–Kier alpha value is -3.32. The maximum Gasteiger partial charge on any atom is 0.232 e. The molecule has 0 atom stereocenters. The minimum Gasteiger partial charge on any atom is -0.494 e. The number of piperazine rings is 1. The fraction of sp³-hybridized carbons (Fsp3) is 0.448. The van der Waals surface area contributed by atoms with Crippen LogP contribution in [0.25, 0.3) is 0 Å². The molecule has 3 heterocycles. The third-order valence-corrected chi connectivity index (χ3v) is 9.44. The Labute approximate surface area is 253 Å². The standard InChI is InChI=1S/C29H39ClN8O3S/c1-20-17-24(27(41-3)18-26(20)38-13-9-21(10-14-38)37-15-11-31-12-16-37)34-29-32-19-22(30)28(35-29)33-23-7-5-6-8-25(23)36(2)42(4,39)40/h5-8,17-19,21,31H,9-16H2,1-4H3,(H2,32,33,34,35). The maximum absolute atomic E-state index is 12.2. The number of anilines is 6. The average Bonchev–Trinajstić information content (AvgIpc) is 2.99. The van der Waals surface area contributed by atoms with Gasteiger partial charge in [-0.15, -0.1) is 0 Å². The van der Waals surface area contributed by atoms with Gasteiger partial charge in [-0.2, -0.15) is 4.98 Å². The average molecular weight is 615 g/mol. The summed E-state index contributed by atoms with van der Waals surface area (Å²) in [4.78, 5) is 14.0. The van der Waals surface area contributed by atoms with Crippen molar-refractivity contribution < 1.29 is 13.2 Å². The predicted octanol–water partition coefficient (Wildman–Crippen LogP) is 4.20. The van der Waals surface area contributed by atoms with Crippen LogP contribution in [-0.2, 0) is 10.0 Å². The van der Waals surface area contributed by atoms with Crippen LogP contribution in [0.4, 0.5) is 34.5 Å². The van der Waals surface area contributed by atoms with Crippen LogP contribution in [0.1, 0.15) is 18.4 Å². The van der Waals surface area contributed by atoms with E-state index >= 15 is 0 Å². The fourth-order valence-corrected chi connectivity index (χ4v) is 6.25. The molecule has 226 valence electrons. The van der Waals surface area contributed by atoms with Gasteiger partial charge >= 0.3 is 0 Å². The van der Waals surface area contributed by atoms with Crippen molar-refractivity contribution in [3.63, 3.8) is 0 Å². The zero-order chi connectivity index (χ0) is 29.9. The third kappa shape index (κ3) is 6.83. The summed E-state index contributed by atoms with van der Waals surface area (Å²) in [6.45, 7) is 8.54. The van der Waals surface area contributed by atoms with E-state index in [1.165, 1.54) is 23.2 Å². The number of nitrogens with zero attached hydrogens (tertiary/aromatic N) is 5. The second kappa shape index (κ2) is 12.9. The monoisotopic (exact) mass is 614 g/mol. The largest absolute Gasteiger partial charge is 0.494 e. The second-order valence-corrected chi connectivity index (χ2v) is 13.2. The number of methoxy groups -OCH3 is 1. The number of hydrogen-bond acceptors (Lipinski definition) is 10. The van der Waals surface area contributed by atoms with Gasteiger partial charge in [0, 0.05) is 64.1 Å². The molecule has 0 radical (unpaired) electrons. The number of aromatic nitrogens is 2. The zero-order valence-electron chi connectivity index (χ0n) is 24.5. The lowest BCUT2D eigenvalue weighted by atomic mass is 10.0. The minimum atomic E-state index is -3.47. The quantitative estimate of drug-likeness (QED) is 0.324. The summed E-state index contributed by atoms with van der Waals surface area (Å²) in [7, 11) is -0.317. The topological polar surface area (TPSA) is 115 Å². The highest BCUT2D eigenvalue weighted by molar-refractivity contribution is 7.92. The van der Waals surface area contributed by atoms with Gasteiger partial charge in [0.2, 0.25) is 16.0 Å². The lowest BCUT2D eigenvalue weighted by molar-refractivity contribution is 0.150. The van der Waals surface area contributed by atoms with Gasteiger partial charge in [-0.1, -0.05) is 23.7 Å². The van der Waals surface area contributed by atoms with Crippen molar-refractivity contribution in [3.05, 3.63) is 53.2 Å². The Morgan fingerprint density at radius 3 is 2.48 bits per heavy atom. The van der Waals surface area contributed by atoms with Crippen molar-refractivity contribution in [3.8, 4) is 5.75 Å². The first kappa shape index (κ1) is 30.1. The number of benzene rings is 2. The zero-order valence-corrected chi connectivity index (χ0v) is 26.1. The van der Waals surface area contributed by atoms with Gasteiger partial charge in [-0.3, -0.25) is 9.21 Å². The van der Waals surface area contributed by atoms with Crippen molar-refractivity contribution in [2.45, 2.75) is 25.8 Å². The Kier molecular flexibility index (Phi) is 9.26. The summed E-state index contributed by atoms with van der Waals surface area (Å²) in [6.07, 6.45) is 4.95. The number of rotatable bonds is 9. The normalized spacial score (nSPS) is 16.7. The van der Waals surface area contributed by atoms with Crippen molar-refractivity contribution in [1.29, 1.82) is 0 Å². The molecule has 0 unspecified atom stereocenters. The highest BCUT2D eigenvalue weighted by atomic mass is 35.5. The number of para-hydroxylation sites is 2. The van der Waals surface area contributed by atoms with E-state index in [0.717, 1.165) is 69.6 Å². The first-order chi connectivity index (χ1) is 20.1. The van der Waals surface area contributed by atoms with E-state index in [0.29, 0.717) is 40.0 Å². The molecule has 1 aromatic heterocycles. The number of nitrogens with one attached hydrogen (secondary N) is 3. The van der Waals surface area contributed by atoms with Crippen molar-refractivity contribution in [1.82, 2.24) is 20.2 Å². The summed E-state index contributed by atoms with van der Waals surface area (Å²) in [6, 6.07) is 11.8. The number of sulfonamides is 1. The molecule has 2 aromatic carbocycles. The summed E-state index contributed by atoms with van der Waals surface area (Å²) in [5.41, 5.74) is 4.04. The van der Waals surface area contributed by atoms with Crippen LogP contribution < -0.4 is 29.9 Å². The van der Waals surface area contributed by atoms with Gasteiger partial charge < -0.3 is 25.6 Å². The second-order valence-electron chi connectivity index (χ2n) is 10.7.